The molecule has 1 aromatic carbocycles. The van der Waals surface area contributed by atoms with Gasteiger partial charge >= 0.3 is 5.97 Å². The van der Waals surface area contributed by atoms with Crippen molar-refractivity contribution in [3.8, 4) is 0 Å². The number of anilines is 1. The van der Waals surface area contributed by atoms with Crippen molar-refractivity contribution < 1.29 is 17.9 Å². The Balaban J connectivity index is 3.15. The number of ether oxygens (including phenoxy) is 1. The number of halogens is 1. The Hall–Kier alpha value is -1.31. The average Bonchev–Trinajstić information content (AvgIpc) is 2.41. The summed E-state index contributed by atoms with van der Waals surface area (Å²) in [5, 5.41) is 0.0640. The second-order valence-electron chi connectivity index (χ2n) is 4.33. The van der Waals surface area contributed by atoms with Crippen molar-refractivity contribution in [2.45, 2.75) is 25.2 Å². The van der Waals surface area contributed by atoms with Crippen LogP contribution in [-0.4, -0.2) is 38.4 Å². The van der Waals surface area contributed by atoms with E-state index in [1.165, 1.54) is 18.2 Å². The van der Waals surface area contributed by atoms with E-state index in [9.17, 15) is 13.2 Å². The normalized spacial score (nSPS) is 11.6. The second kappa shape index (κ2) is 7.63. The lowest BCUT2D eigenvalue weighted by atomic mass is 10.3. The molecule has 1 aromatic rings. The molecule has 0 aliphatic rings. The van der Waals surface area contributed by atoms with E-state index in [1.807, 2.05) is 6.92 Å². The van der Waals surface area contributed by atoms with Crippen LogP contribution in [0.2, 0.25) is 5.02 Å². The van der Waals surface area contributed by atoms with Gasteiger partial charge in [0.1, 0.15) is 11.4 Å². The average molecular weight is 335 g/mol. The molecule has 21 heavy (non-hydrogen) atoms. The molecule has 0 spiro atoms. The Kier molecular flexibility index (Phi) is 6.44. The molecule has 0 aliphatic carbocycles. The minimum atomic E-state index is -3.91. The lowest BCUT2D eigenvalue weighted by Gasteiger charge is -2.21. The van der Waals surface area contributed by atoms with Crippen LogP contribution >= 0.6 is 11.6 Å². The smallest absolute Gasteiger partial charge is 0.321 e. The highest BCUT2D eigenvalue weighted by Crippen LogP contribution is 2.26. The van der Waals surface area contributed by atoms with Gasteiger partial charge in [-0.3, -0.25) is 4.79 Å². The van der Waals surface area contributed by atoms with E-state index in [1.54, 1.807) is 6.92 Å². The molecule has 0 aromatic heterocycles. The summed E-state index contributed by atoms with van der Waals surface area (Å²) in [6.45, 7) is 3.50. The van der Waals surface area contributed by atoms with Crippen molar-refractivity contribution in [1.29, 1.82) is 0 Å². The molecule has 6 nitrogen and oxygen atoms in total. The highest BCUT2D eigenvalue weighted by Gasteiger charge is 2.28. The van der Waals surface area contributed by atoms with Crippen LogP contribution < -0.4 is 5.73 Å². The lowest BCUT2D eigenvalue weighted by Crippen LogP contribution is -2.37. The van der Waals surface area contributed by atoms with Gasteiger partial charge in [0, 0.05) is 12.2 Å². The van der Waals surface area contributed by atoms with Crippen molar-refractivity contribution in [2.75, 3.05) is 25.4 Å². The van der Waals surface area contributed by atoms with E-state index in [-0.39, 0.29) is 35.3 Å². The Morgan fingerprint density at radius 3 is 2.62 bits per heavy atom. The number of carbonyl (C=O) groups excluding carboxylic acids is 1. The Morgan fingerprint density at radius 2 is 2.05 bits per heavy atom. The molecule has 0 bridgehead atoms. The molecule has 0 amide bonds. The molecule has 0 fully saturated rings. The number of benzene rings is 1. The molecule has 0 atom stereocenters. The number of carbonyl (C=O) groups is 1. The summed E-state index contributed by atoms with van der Waals surface area (Å²) < 4.78 is 31.1. The number of nitrogens with zero attached hydrogens (tertiary/aromatic N) is 1. The second-order valence-corrected chi connectivity index (χ2v) is 6.65. The zero-order chi connectivity index (χ0) is 16.0. The Bertz CT molecular complexity index is 604. The largest absolute Gasteiger partial charge is 0.465 e. The molecule has 8 heteroatoms. The van der Waals surface area contributed by atoms with Crippen molar-refractivity contribution in [1.82, 2.24) is 4.31 Å². The van der Waals surface area contributed by atoms with Crippen LogP contribution in [0.1, 0.15) is 20.3 Å². The molecule has 0 aliphatic heterocycles. The summed E-state index contributed by atoms with van der Waals surface area (Å²) >= 11 is 5.95. The van der Waals surface area contributed by atoms with Crippen LogP contribution in [0.25, 0.3) is 0 Å². The Morgan fingerprint density at radius 1 is 1.38 bits per heavy atom. The quantitative estimate of drug-likeness (QED) is 0.607. The Labute approximate surface area is 129 Å². The molecule has 0 saturated carbocycles. The molecule has 0 heterocycles. The SMILES string of the molecule is CCCN(CC(=O)OCC)S(=O)(=O)c1cc(N)ccc1Cl. The maximum Gasteiger partial charge on any atom is 0.321 e. The van der Waals surface area contributed by atoms with E-state index >= 15 is 0 Å². The van der Waals surface area contributed by atoms with Gasteiger partial charge in [-0.15, -0.1) is 0 Å². The number of nitrogens with two attached hydrogens (primary N) is 1. The minimum absolute atomic E-state index is 0.0640. The van der Waals surface area contributed by atoms with Gasteiger partial charge in [0.25, 0.3) is 0 Å². The van der Waals surface area contributed by atoms with Gasteiger partial charge in [-0.05, 0) is 31.5 Å². The van der Waals surface area contributed by atoms with Gasteiger partial charge in [-0.1, -0.05) is 18.5 Å². The lowest BCUT2D eigenvalue weighted by molar-refractivity contribution is -0.143. The van der Waals surface area contributed by atoms with Crippen molar-refractivity contribution in [2.24, 2.45) is 0 Å². The van der Waals surface area contributed by atoms with Crippen LogP contribution in [0.3, 0.4) is 0 Å². The number of esters is 1. The molecule has 0 unspecified atom stereocenters. The standard InChI is InChI=1S/C13H19ClN2O4S/c1-3-7-16(9-13(17)20-4-2)21(18,19)12-8-10(15)5-6-11(12)14/h5-6,8H,3-4,7,9,15H2,1-2H3. The predicted molar refractivity (Wildman–Crippen MR) is 81.5 cm³/mol. The third kappa shape index (κ3) is 4.59. The number of hydrogen-bond acceptors (Lipinski definition) is 5. The van der Waals surface area contributed by atoms with Crippen LogP contribution in [-0.2, 0) is 19.6 Å². The molecule has 118 valence electrons. The summed E-state index contributed by atoms with van der Waals surface area (Å²) in [6.07, 6.45) is 0.554. The number of sulfonamides is 1. The molecule has 2 N–H and O–H groups in total. The van der Waals surface area contributed by atoms with E-state index in [2.05, 4.69) is 0 Å². The first-order valence-electron chi connectivity index (χ1n) is 6.53. The first-order valence-corrected chi connectivity index (χ1v) is 8.35. The van der Waals surface area contributed by atoms with Gasteiger partial charge in [0.15, 0.2) is 0 Å². The van der Waals surface area contributed by atoms with E-state index in [4.69, 9.17) is 22.1 Å². The molecular weight excluding hydrogens is 316 g/mol. The number of rotatable bonds is 7. The zero-order valence-corrected chi connectivity index (χ0v) is 13.6. The molecule has 0 saturated heterocycles. The van der Waals surface area contributed by atoms with Gasteiger partial charge in [0.2, 0.25) is 10.0 Å². The summed E-state index contributed by atoms with van der Waals surface area (Å²) in [6, 6.07) is 4.21. The van der Waals surface area contributed by atoms with Crippen LogP contribution in [0, 0.1) is 0 Å². The highest BCUT2D eigenvalue weighted by molar-refractivity contribution is 7.89. The fraction of sp³-hybridized carbons (Fsp3) is 0.462. The van der Waals surface area contributed by atoms with Crippen molar-refractivity contribution in [3.63, 3.8) is 0 Å². The summed E-state index contributed by atoms with van der Waals surface area (Å²) in [5.41, 5.74) is 5.90. The monoisotopic (exact) mass is 334 g/mol. The zero-order valence-electron chi connectivity index (χ0n) is 12.0. The minimum Gasteiger partial charge on any atom is -0.465 e. The third-order valence-electron chi connectivity index (χ3n) is 2.66. The fourth-order valence-corrected chi connectivity index (χ4v) is 3.73. The summed E-state index contributed by atoms with van der Waals surface area (Å²) in [5.74, 6) is -0.602. The number of nitrogen functional groups attached to an aromatic ring is 1. The maximum absolute atomic E-state index is 12.6. The highest BCUT2D eigenvalue weighted by atomic mass is 35.5. The molecule has 0 radical (unpaired) electrons. The predicted octanol–water partition coefficient (Wildman–Crippen LogP) is 1.89. The summed E-state index contributed by atoms with van der Waals surface area (Å²) in [4.78, 5) is 11.5. The first kappa shape index (κ1) is 17.7. The van der Waals surface area contributed by atoms with Crippen LogP contribution in [0.5, 0.6) is 0 Å². The van der Waals surface area contributed by atoms with E-state index in [0.717, 1.165) is 4.31 Å². The summed E-state index contributed by atoms with van der Waals surface area (Å²) in [7, 11) is -3.91. The van der Waals surface area contributed by atoms with Crippen LogP contribution in [0.4, 0.5) is 5.69 Å². The van der Waals surface area contributed by atoms with Gasteiger partial charge in [-0.2, -0.15) is 4.31 Å². The number of hydrogen-bond donors (Lipinski definition) is 1. The topological polar surface area (TPSA) is 89.7 Å². The maximum atomic E-state index is 12.6. The van der Waals surface area contributed by atoms with E-state index in [0.29, 0.717) is 6.42 Å². The molecule has 1 rings (SSSR count). The van der Waals surface area contributed by atoms with E-state index < -0.39 is 16.0 Å². The third-order valence-corrected chi connectivity index (χ3v) is 4.98. The van der Waals surface area contributed by atoms with Crippen molar-refractivity contribution in [3.05, 3.63) is 23.2 Å². The van der Waals surface area contributed by atoms with Gasteiger partial charge in [0.05, 0.1) is 11.6 Å². The van der Waals surface area contributed by atoms with Gasteiger partial charge in [-0.25, -0.2) is 8.42 Å². The fourth-order valence-electron chi connectivity index (χ4n) is 1.74. The molecular formula is C13H19ClN2O4S. The van der Waals surface area contributed by atoms with Crippen molar-refractivity contribution >= 4 is 33.3 Å². The van der Waals surface area contributed by atoms with Crippen LogP contribution in [0.15, 0.2) is 23.1 Å². The first-order chi connectivity index (χ1) is 9.82. The van der Waals surface area contributed by atoms with Gasteiger partial charge < -0.3 is 10.5 Å².